The summed E-state index contributed by atoms with van der Waals surface area (Å²) in [6.07, 6.45) is 3.31. The van der Waals surface area contributed by atoms with E-state index in [1.54, 1.807) is 24.3 Å². The molecule has 0 radical (unpaired) electrons. The number of carbonyl (C=O) groups excluding carboxylic acids is 1. The molecule has 1 aliphatic rings. The molecule has 5 nitrogen and oxygen atoms in total. The number of anilines is 1. The van der Waals surface area contributed by atoms with Crippen molar-refractivity contribution in [3.05, 3.63) is 29.8 Å². The maximum Gasteiger partial charge on any atom is 0.253 e. The molecule has 1 amide bonds. The molecule has 1 unspecified atom stereocenters. The lowest BCUT2D eigenvalue weighted by Gasteiger charge is -2.31. The first-order valence-corrected chi connectivity index (χ1v) is 8.61. The lowest BCUT2D eigenvalue weighted by molar-refractivity contribution is 0.0683. The standard InChI is InChI=1S/C14H20N2O3S/c1-11-4-3-9-16(10-11)14(17)12-5-7-13(8-6-12)15-20(2,18)19/h5-8,11,15H,3-4,9-10H2,1-2H3. The van der Waals surface area contributed by atoms with E-state index < -0.39 is 10.0 Å². The van der Waals surface area contributed by atoms with Crippen LogP contribution in [0, 0.1) is 5.92 Å². The van der Waals surface area contributed by atoms with Gasteiger partial charge >= 0.3 is 0 Å². The van der Waals surface area contributed by atoms with Gasteiger partial charge in [-0.15, -0.1) is 0 Å². The van der Waals surface area contributed by atoms with Crippen LogP contribution in [0.4, 0.5) is 5.69 Å². The first kappa shape index (κ1) is 14.8. The molecule has 0 saturated carbocycles. The fourth-order valence-electron chi connectivity index (χ4n) is 2.45. The summed E-state index contributed by atoms with van der Waals surface area (Å²) in [5.74, 6) is 0.557. The lowest BCUT2D eigenvalue weighted by atomic mass is 9.99. The summed E-state index contributed by atoms with van der Waals surface area (Å²) >= 11 is 0. The van der Waals surface area contributed by atoms with Gasteiger partial charge < -0.3 is 4.90 Å². The van der Waals surface area contributed by atoms with Gasteiger partial charge in [0.2, 0.25) is 10.0 Å². The van der Waals surface area contributed by atoms with Crippen LogP contribution < -0.4 is 4.72 Å². The van der Waals surface area contributed by atoms with Crippen molar-refractivity contribution in [3.8, 4) is 0 Å². The van der Waals surface area contributed by atoms with Gasteiger partial charge in [0.1, 0.15) is 0 Å². The average molecular weight is 296 g/mol. The average Bonchev–Trinajstić information content (AvgIpc) is 2.37. The van der Waals surface area contributed by atoms with Crippen LogP contribution in [-0.4, -0.2) is 38.6 Å². The molecule has 0 aromatic heterocycles. The van der Waals surface area contributed by atoms with Crippen LogP contribution in [0.25, 0.3) is 0 Å². The van der Waals surface area contributed by atoms with Crippen molar-refractivity contribution in [3.63, 3.8) is 0 Å². The topological polar surface area (TPSA) is 66.5 Å². The van der Waals surface area contributed by atoms with Crippen molar-refractivity contribution in [1.82, 2.24) is 4.90 Å². The minimum atomic E-state index is -3.28. The predicted octanol–water partition coefficient (Wildman–Crippen LogP) is 1.93. The molecule has 0 bridgehead atoms. The second-order valence-corrected chi connectivity index (χ2v) is 7.20. The third kappa shape index (κ3) is 3.96. The maximum absolute atomic E-state index is 12.3. The molecule has 1 fully saturated rings. The number of carbonyl (C=O) groups is 1. The quantitative estimate of drug-likeness (QED) is 0.927. The van der Waals surface area contributed by atoms with Gasteiger partial charge in [0.15, 0.2) is 0 Å². The third-order valence-electron chi connectivity index (χ3n) is 3.38. The summed E-state index contributed by atoms with van der Waals surface area (Å²) in [6.45, 7) is 3.74. The van der Waals surface area contributed by atoms with Gasteiger partial charge in [0, 0.05) is 24.3 Å². The molecule has 1 aromatic carbocycles. The molecule has 1 heterocycles. The third-order valence-corrected chi connectivity index (χ3v) is 3.99. The summed E-state index contributed by atoms with van der Waals surface area (Å²) in [5.41, 5.74) is 1.06. The summed E-state index contributed by atoms with van der Waals surface area (Å²) in [6, 6.07) is 6.55. The molecular weight excluding hydrogens is 276 g/mol. The summed E-state index contributed by atoms with van der Waals surface area (Å²) in [4.78, 5) is 14.2. The zero-order valence-corrected chi connectivity index (χ0v) is 12.6. The number of amides is 1. The van der Waals surface area contributed by atoms with Gasteiger partial charge in [-0.2, -0.15) is 0 Å². The lowest BCUT2D eigenvalue weighted by Crippen LogP contribution is -2.39. The van der Waals surface area contributed by atoms with E-state index in [1.807, 2.05) is 4.90 Å². The smallest absolute Gasteiger partial charge is 0.253 e. The zero-order valence-electron chi connectivity index (χ0n) is 11.8. The van der Waals surface area contributed by atoms with Gasteiger partial charge in [-0.25, -0.2) is 8.42 Å². The van der Waals surface area contributed by atoms with Crippen molar-refractivity contribution in [2.45, 2.75) is 19.8 Å². The van der Waals surface area contributed by atoms with Gasteiger partial charge in [0.25, 0.3) is 5.91 Å². The summed E-state index contributed by atoms with van der Waals surface area (Å²) in [7, 11) is -3.28. The van der Waals surface area contributed by atoms with Crippen molar-refractivity contribution < 1.29 is 13.2 Å². The number of piperidine rings is 1. The Bertz CT molecular complexity index is 581. The zero-order chi connectivity index (χ0) is 14.8. The molecule has 1 saturated heterocycles. The van der Waals surface area contributed by atoms with Crippen LogP contribution in [0.5, 0.6) is 0 Å². The minimum absolute atomic E-state index is 0.0162. The van der Waals surface area contributed by atoms with Crippen molar-refractivity contribution in [2.24, 2.45) is 5.92 Å². The van der Waals surface area contributed by atoms with Crippen LogP contribution in [0.1, 0.15) is 30.1 Å². The van der Waals surface area contributed by atoms with E-state index in [4.69, 9.17) is 0 Å². The Morgan fingerprint density at radius 3 is 2.50 bits per heavy atom. The monoisotopic (exact) mass is 296 g/mol. The van der Waals surface area contributed by atoms with Gasteiger partial charge in [0.05, 0.1) is 6.26 Å². The van der Waals surface area contributed by atoms with Crippen LogP contribution in [0.15, 0.2) is 24.3 Å². The first-order valence-electron chi connectivity index (χ1n) is 6.72. The van der Waals surface area contributed by atoms with Crippen molar-refractivity contribution in [2.75, 3.05) is 24.1 Å². The molecule has 2 rings (SSSR count). The highest BCUT2D eigenvalue weighted by Gasteiger charge is 2.21. The van der Waals surface area contributed by atoms with E-state index in [0.29, 0.717) is 17.2 Å². The molecule has 1 aliphatic heterocycles. The van der Waals surface area contributed by atoms with E-state index in [2.05, 4.69) is 11.6 Å². The Morgan fingerprint density at radius 2 is 1.95 bits per heavy atom. The second kappa shape index (κ2) is 5.83. The Balaban J connectivity index is 2.07. The normalized spacial score (nSPS) is 19.7. The Kier molecular flexibility index (Phi) is 4.32. The van der Waals surface area contributed by atoms with E-state index in [9.17, 15) is 13.2 Å². The van der Waals surface area contributed by atoms with Gasteiger partial charge in [-0.3, -0.25) is 9.52 Å². The number of likely N-dealkylation sites (tertiary alicyclic amines) is 1. The Labute approximate surface area is 120 Å². The molecule has 20 heavy (non-hydrogen) atoms. The van der Waals surface area contributed by atoms with Crippen LogP contribution in [0.3, 0.4) is 0 Å². The molecule has 110 valence electrons. The molecule has 1 atom stereocenters. The first-order chi connectivity index (χ1) is 9.35. The number of hydrogen-bond donors (Lipinski definition) is 1. The fraction of sp³-hybridized carbons (Fsp3) is 0.500. The fourth-order valence-corrected chi connectivity index (χ4v) is 3.02. The molecule has 0 spiro atoms. The van der Waals surface area contributed by atoms with Gasteiger partial charge in [-0.1, -0.05) is 6.92 Å². The highest BCUT2D eigenvalue weighted by molar-refractivity contribution is 7.92. The number of hydrogen-bond acceptors (Lipinski definition) is 3. The molecule has 0 aliphatic carbocycles. The van der Waals surface area contributed by atoms with E-state index in [0.717, 1.165) is 25.8 Å². The molecular formula is C14H20N2O3S. The number of rotatable bonds is 3. The van der Waals surface area contributed by atoms with Crippen LogP contribution >= 0.6 is 0 Å². The number of nitrogens with one attached hydrogen (secondary N) is 1. The highest BCUT2D eigenvalue weighted by atomic mass is 32.2. The summed E-state index contributed by atoms with van der Waals surface area (Å²) in [5, 5.41) is 0. The predicted molar refractivity (Wildman–Crippen MR) is 79.2 cm³/mol. The SMILES string of the molecule is CC1CCCN(C(=O)c2ccc(NS(C)(=O)=O)cc2)C1. The maximum atomic E-state index is 12.3. The van der Waals surface area contributed by atoms with Gasteiger partial charge in [-0.05, 0) is 43.0 Å². The minimum Gasteiger partial charge on any atom is -0.338 e. The van der Waals surface area contributed by atoms with E-state index >= 15 is 0 Å². The summed E-state index contributed by atoms with van der Waals surface area (Å²) < 4.78 is 24.6. The Morgan fingerprint density at radius 1 is 1.30 bits per heavy atom. The largest absolute Gasteiger partial charge is 0.338 e. The molecule has 1 N–H and O–H groups in total. The van der Waals surface area contributed by atoms with Crippen molar-refractivity contribution >= 4 is 21.6 Å². The van der Waals surface area contributed by atoms with Crippen LogP contribution in [0.2, 0.25) is 0 Å². The molecule has 6 heteroatoms. The number of benzene rings is 1. The van der Waals surface area contributed by atoms with E-state index in [1.165, 1.54) is 6.42 Å². The Hall–Kier alpha value is -1.56. The highest BCUT2D eigenvalue weighted by Crippen LogP contribution is 2.19. The number of nitrogens with zero attached hydrogens (tertiary/aromatic N) is 1. The molecule has 1 aromatic rings. The van der Waals surface area contributed by atoms with E-state index in [-0.39, 0.29) is 5.91 Å². The number of sulfonamides is 1. The van der Waals surface area contributed by atoms with Crippen LogP contribution in [-0.2, 0) is 10.0 Å². The van der Waals surface area contributed by atoms with Crippen molar-refractivity contribution in [1.29, 1.82) is 0 Å². The second-order valence-electron chi connectivity index (χ2n) is 5.45.